The molecule has 1 unspecified atom stereocenters. The molecule has 0 bridgehead atoms. The van der Waals surface area contributed by atoms with E-state index in [0.29, 0.717) is 18.0 Å². The molecule has 0 radical (unpaired) electrons. The minimum Gasteiger partial charge on any atom is -0.490 e. The molecule has 0 spiro atoms. The van der Waals surface area contributed by atoms with Gasteiger partial charge in [0.2, 0.25) is 0 Å². The zero-order valence-corrected chi connectivity index (χ0v) is 19.1. The Balaban J connectivity index is 1.40. The predicted octanol–water partition coefficient (Wildman–Crippen LogP) is 3.37. The van der Waals surface area contributed by atoms with Crippen molar-refractivity contribution in [2.24, 2.45) is 14.1 Å². The molecule has 5 aromatic rings. The number of benzene rings is 1. The number of rotatable bonds is 3. The van der Waals surface area contributed by atoms with Gasteiger partial charge in [-0.15, -0.1) is 11.3 Å². The van der Waals surface area contributed by atoms with Crippen molar-refractivity contribution >= 4 is 44.9 Å². The second-order valence-electron chi connectivity index (χ2n) is 8.25. The van der Waals surface area contributed by atoms with Crippen LogP contribution in [-0.2, 0) is 14.1 Å². The molecule has 0 saturated heterocycles. The number of carbonyl (C=O) groups is 1. The second kappa shape index (κ2) is 7.04. The lowest BCUT2D eigenvalue weighted by Gasteiger charge is -2.24. The fourth-order valence-corrected chi connectivity index (χ4v) is 5.56. The van der Waals surface area contributed by atoms with Crippen LogP contribution in [0.5, 0.6) is 5.75 Å². The molecule has 0 aliphatic carbocycles. The van der Waals surface area contributed by atoms with Gasteiger partial charge in [0, 0.05) is 59.7 Å². The van der Waals surface area contributed by atoms with Gasteiger partial charge in [-0.1, -0.05) is 0 Å². The molecule has 1 aliphatic rings. The summed E-state index contributed by atoms with van der Waals surface area (Å²) in [6, 6.07) is 5.31. The number of hydrogen-bond acceptors (Lipinski definition) is 7. The highest BCUT2D eigenvalue weighted by Gasteiger charge is 2.35. The van der Waals surface area contributed by atoms with E-state index in [4.69, 9.17) is 10.5 Å². The Labute approximate surface area is 193 Å². The monoisotopic (exact) mass is 459 g/mol. The maximum Gasteiger partial charge on any atom is 0.254 e. The average molecular weight is 460 g/mol. The number of nitrogens with two attached hydrogens (primary N) is 1. The lowest BCUT2D eigenvalue weighted by molar-refractivity contribution is 0.0709. The predicted molar refractivity (Wildman–Crippen MR) is 127 cm³/mol. The minimum absolute atomic E-state index is 0.0890. The number of aryl methyl sites for hydroxylation is 2. The van der Waals surface area contributed by atoms with Crippen molar-refractivity contribution in [1.29, 1.82) is 0 Å². The maximum absolute atomic E-state index is 13.6. The van der Waals surface area contributed by atoms with Gasteiger partial charge >= 0.3 is 0 Å². The van der Waals surface area contributed by atoms with Crippen molar-refractivity contribution in [3.8, 4) is 16.2 Å². The lowest BCUT2D eigenvalue weighted by Crippen LogP contribution is -2.32. The summed E-state index contributed by atoms with van der Waals surface area (Å²) in [6.45, 7) is 0.422. The number of fused-ring (bicyclic) bond motifs is 4. The van der Waals surface area contributed by atoms with E-state index in [2.05, 4.69) is 15.2 Å². The molecule has 1 aliphatic heterocycles. The first-order valence-corrected chi connectivity index (χ1v) is 11.3. The highest BCUT2D eigenvalue weighted by molar-refractivity contribution is 7.14. The van der Waals surface area contributed by atoms with E-state index in [1.807, 2.05) is 51.0 Å². The van der Waals surface area contributed by atoms with E-state index in [-0.39, 0.29) is 11.9 Å². The summed E-state index contributed by atoms with van der Waals surface area (Å²) < 4.78 is 9.46. The van der Waals surface area contributed by atoms with E-state index < -0.39 is 0 Å². The van der Waals surface area contributed by atoms with Gasteiger partial charge in [0.1, 0.15) is 18.2 Å². The smallest absolute Gasteiger partial charge is 0.254 e. The lowest BCUT2D eigenvalue weighted by atomic mass is 10.0. The molecule has 1 aromatic carbocycles. The zero-order valence-electron chi connectivity index (χ0n) is 18.3. The molecule has 1 atom stereocenters. The second-order valence-corrected chi connectivity index (χ2v) is 9.13. The summed E-state index contributed by atoms with van der Waals surface area (Å²) in [5.74, 6) is 1.17. The van der Waals surface area contributed by atoms with Crippen LogP contribution in [0.3, 0.4) is 0 Å². The largest absolute Gasteiger partial charge is 0.490 e. The highest BCUT2D eigenvalue weighted by Crippen LogP contribution is 2.47. The normalized spacial score (nSPS) is 15.2. The minimum atomic E-state index is -0.189. The van der Waals surface area contributed by atoms with Crippen molar-refractivity contribution in [3.63, 3.8) is 0 Å². The zero-order chi connectivity index (χ0) is 22.9. The molecule has 10 heteroatoms. The van der Waals surface area contributed by atoms with E-state index in [1.54, 1.807) is 37.9 Å². The Morgan fingerprint density at radius 1 is 1.24 bits per heavy atom. The standard InChI is InChI=1S/C23H21N7O2S/c1-28-9-13(7-25-28)21-19-17(10-32-18(19)11-33-21)29(2)23(31)12-4-5-16-14(6-12)20-15(22(24)27-16)8-26-30(20)3/h4-9,11,17H,10H2,1-3H3,(H2,24,27). The molecular weight excluding hydrogens is 438 g/mol. The van der Waals surface area contributed by atoms with Gasteiger partial charge in [-0.25, -0.2) is 4.98 Å². The number of anilines is 1. The number of amides is 1. The molecule has 5 heterocycles. The molecule has 9 nitrogen and oxygen atoms in total. The Hall–Kier alpha value is -3.92. The van der Waals surface area contributed by atoms with Crippen molar-refractivity contribution < 1.29 is 9.53 Å². The van der Waals surface area contributed by atoms with Gasteiger partial charge in [-0.05, 0) is 18.2 Å². The van der Waals surface area contributed by atoms with Crippen LogP contribution in [0, 0.1) is 0 Å². The molecule has 0 saturated carbocycles. The first kappa shape index (κ1) is 19.7. The van der Waals surface area contributed by atoms with Crippen molar-refractivity contribution in [1.82, 2.24) is 29.4 Å². The number of likely N-dealkylation sites (N-methyl/N-ethyl adjacent to an activating group) is 1. The van der Waals surface area contributed by atoms with Gasteiger partial charge in [-0.3, -0.25) is 14.2 Å². The van der Waals surface area contributed by atoms with Crippen molar-refractivity contribution in [2.75, 3.05) is 19.4 Å². The number of ether oxygens (including phenoxy) is 1. The number of aromatic nitrogens is 5. The van der Waals surface area contributed by atoms with E-state index in [0.717, 1.165) is 43.6 Å². The number of nitrogens with zero attached hydrogens (tertiary/aromatic N) is 6. The first-order chi connectivity index (χ1) is 15.9. The highest BCUT2D eigenvalue weighted by atomic mass is 32.1. The quantitative estimate of drug-likeness (QED) is 0.444. The number of pyridine rings is 1. The molecular formula is C23H21N7O2S. The molecule has 1 amide bonds. The van der Waals surface area contributed by atoms with Crippen LogP contribution < -0.4 is 10.5 Å². The summed E-state index contributed by atoms with van der Waals surface area (Å²) in [7, 11) is 5.57. The Morgan fingerprint density at radius 2 is 2.09 bits per heavy atom. The topological polar surface area (TPSA) is 104 Å². The molecule has 33 heavy (non-hydrogen) atoms. The number of carbonyl (C=O) groups excluding carboxylic acids is 1. The Bertz CT molecular complexity index is 1560. The van der Waals surface area contributed by atoms with Crippen LogP contribution in [0.25, 0.3) is 32.2 Å². The van der Waals surface area contributed by atoms with Crippen molar-refractivity contribution in [2.45, 2.75) is 6.04 Å². The van der Waals surface area contributed by atoms with Crippen LogP contribution in [0.2, 0.25) is 0 Å². The Kier molecular flexibility index (Phi) is 4.21. The fraction of sp³-hybridized carbons (Fsp3) is 0.217. The van der Waals surface area contributed by atoms with Gasteiger partial charge in [0.25, 0.3) is 5.91 Å². The summed E-state index contributed by atoms with van der Waals surface area (Å²) in [6.07, 6.45) is 5.51. The average Bonchev–Trinajstić information content (AvgIpc) is 3.57. The van der Waals surface area contributed by atoms with E-state index >= 15 is 0 Å². The number of nitrogen functional groups attached to an aromatic ring is 1. The number of thiophene rings is 1. The van der Waals surface area contributed by atoms with Gasteiger partial charge in [0.05, 0.1) is 34.9 Å². The maximum atomic E-state index is 13.6. The van der Waals surface area contributed by atoms with Crippen LogP contribution in [0.1, 0.15) is 22.0 Å². The summed E-state index contributed by atoms with van der Waals surface area (Å²) in [5.41, 5.74) is 10.3. The van der Waals surface area contributed by atoms with Crippen LogP contribution in [-0.4, -0.2) is 49.0 Å². The summed E-state index contributed by atoms with van der Waals surface area (Å²) >= 11 is 1.61. The van der Waals surface area contributed by atoms with Gasteiger partial charge in [0.15, 0.2) is 0 Å². The van der Waals surface area contributed by atoms with Gasteiger partial charge < -0.3 is 15.4 Å². The van der Waals surface area contributed by atoms with Gasteiger partial charge in [-0.2, -0.15) is 10.2 Å². The van der Waals surface area contributed by atoms with Crippen LogP contribution in [0.4, 0.5) is 5.82 Å². The molecule has 0 fully saturated rings. The summed E-state index contributed by atoms with van der Waals surface area (Å²) in [4.78, 5) is 20.9. The third-order valence-corrected chi connectivity index (χ3v) is 7.26. The van der Waals surface area contributed by atoms with Crippen LogP contribution in [0.15, 0.2) is 42.2 Å². The van der Waals surface area contributed by atoms with E-state index in [1.165, 1.54) is 0 Å². The molecule has 166 valence electrons. The Morgan fingerprint density at radius 3 is 2.88 bits per heavy atom. The SMILES string of the molecule is CN(C(=O)c1ccc2nc(N)c3cnn(C)c3c2c1)C1COc2csc(-c3cnn(C)c3)c21. The number of hydrogen-bond donors (Lipinski definition) is 1. The first-order valence-electron chi connectivity index (χ1n) is 10.4. The molecule has 4 aromatic heterocycles. The fourth-order valence-electron chi connectivity index (χ4n) is 4.53. The molecule has 6 rings (SSSR count). The third kappa shape index (κ3) is 2.91. The van der Waals surface area contributed by atoms with E-state index in [9.17, 15) is 4.79 Å². The van der Waals surface area contributed by atoms with Crippen LogP contribution >= 0.6 is 11.3 Å². The molecule has 2 N–H and O–H groups in total. The summed E-state index contributed by atoms with van der Waals surface area (Å²) in [5, 5.41) is 12.2. The van der Waals surface area contributed by atoms with Crippen molar-refractivity contribution in [3.05, 3.63) is 53.3 Å². The third-order valence-electron chi connectivity index (χ3n) is 6.23.